The summed E-state index contributed by atoms with van der Waals surface area (Å²) in [7, 11) is 0. The van der Waals surface area contributed by atoms with E-state index < -0.39 is 0 Å². The van der Waals surface area contributed by atoms with E-state index in [2.05, 4.69) is 24.1 Å². The molecule has 2 rings (SSSR count). The van der Waals surface area contributed by atoms with Gasteiger partial charge in [0, 0.05) is 30.2 Å². The Morgan fingerprint density at radius 3 is 2.85 bits per heavy atom. The smallest absolute Gasteiger partial charge is 0.234 e. The summed E-state index contributed by atoms with van der Waals surface area (Å²) >= 11 is 1.67. The van der Waals surface area contributed by atoms with E-state index in [1.807, 2.05) is 17.5 Å². The van der Waals surface area contributed by atoms with Gasteiger partial charge in [0.1, 0.15) is 0 Å². The molecule has 0 aromatic carbocycles. The lowest BCUT2D eigenvalue weighted by Gasteiger charge is -2.36. The fraction of sp³-hybridized carbons (Fsp3) is 0.667. The minimum atomic E-state index is 0.110. The van der Waals surface area contributed by atoms with Crippen molar-refractivity contribution in [2.75, 3.05) is 19.8 Å². The molecule has 0 spiro atoms. The monoisotopic (exact) mass is 296 g/mol. The number of nitrogens with one attached hydrogen (secondary N) is 1. The number of carbonyl (C=O) groups is 1. The summed E-state index contributed by atoms with van der Waals surface area (Å²) in [6, 6.07) is 4.90. The fourth-order valence-electron chi connectivity index (χ4n) is 2.57. The molecule has 1 aliphatic rings. The molecule has 1 amide bonds. The van der Waals surface area contributed by atoms with Crippen molar-refractivity contribution in [1.29, 1.82) is 0 Å². The molecular weight excluding hydrogens is 272 g/mol. The maximum atomic E-state index is 12.1. The van der Waals surface area contributed by atoms with Gasteiger partial charge in [0.05, 0.1) is 13.1 Å². The molecule has 1 aliphatic heterocycles. The van der Waals surface area contributed by atoms with Crippen LogP contribution in [0.15, 0.2) is 17.5 Å². The third-order valence-corrected chi connectivity index (χ3v) is 4.57. The van der Waals surface area contributed by atoms with E-state index in [1.54, 1.807) is 11.3 Å². The second kappa shape index (κ2) is 7.76. The highest BCUT2D eigenvalue weighted by Gasteiger charge is 2.25. The van der Waals surface area contributed by atoms with Crippen LogP contribution in [0.4, 0.5) is 0 Å². The summed E-state index contributed by atoms with van der Waals surface area (Å²) in [5.74, 6) is 0.110. The minimum Gasteiger partial charge on any atom is -0.381 e. The first kappa shape index (κ1) is 15.5. The first-order valence-corrected chi connectivity index (χ1v) is 8.17. The number of carbonyl (C=O) groups excluding carboxylic acids is 1. The molecule has 0 atom stereocenters. The van der Waals surface area contributed by atoms with Crippen LogP contribution in [0.25, 0.3) is 0 Å². The molecule has 1 aromatic rings. The van der Waals surface area contributed by atoms with E-state index in [4.69, 9.17) is 4.74 Å². The summed E-state index contributed by atoms with van der Waals surface area (Å²) in [5, 5.41) is 5.04. The van der Waals surface area contributed by atoms with Crippen LogP contribution in [0.2, 0.25) is 0 Å². The molecule has 0 aliphatic carbocycles. The van der Waals surface area contributed by atoms with Crippen molar-refractivity contribution in [3.05, 3.63) is 22.4 Å². The van der Waals surface area contributed by atoms with Gasteiger partial charge < -0.3 is 10.1 Å². The summed E-state index contributed by atoms with van der Waals surface area (Å²) in [5.41, 5.74) is 0. The van der Waals surface area contributed by atoms with E-state index in [1.165, 1.54) is 4.88 Å². The van der Waals surface area contributed by atoms with Crippen molar-refractivity contribution in [3.8, 4) is 0 Å². The number of rotatable bonds is 6. The van der Waals surface area contributed by atoms with Crippen molar-refractivity contribution >= 4 is 17.2 Å². The molecule has 0 saturated carbocycles. The average molecular weight is 296 g/mol. The van der Waals surface area contributed by atoms with Crippen molar-refractivity contribution in [3.63, 3.8) is 0 Å². The third kappa shape index (κ3) is 4.58. The van der Waals surface area contributed by atoms with Crippen LogP contribution in [0, 0.1) is 0 Å². The molecule has 112 valence electrons. The van der Waals surface area contributed by atoms with E-state index in [-0.39, 0.29) is 5.91 Å². The molecule has 0 unspecified atom stereocenters. The number of thiophene rings is 1. The van der Waals surface area contributed by atoms with Crippen molar-refractivity contribution in [2.24, 2.45) is 0 Å². The molecule has 0 radical (unpaired) electrons. The van der Waals surface area contributed by atoms with Gasteiger partial charge in [-0.3, -0.25) is 9.69 Å². The van der Waals surface area contributed by atoms with Crippen LogP contribution >= 0.6 is 11.3 Å². The molecule has 20 heavy (non-hydrogen) atoms. The number of nitrogens with zero attached hydrogens (tertiary/aromatic N) is 1. The predicted octanol–water partition coefficient (Wildman–Crippen LogP) is 2.25. The lowest BCUT2D eigenvalue weighted by molar-refractivity contribution is -0.124. The largest absolute Gasteiger partial charge is 0.381 e. The normalized spacial score (nSPS) is 16.8. The standard InChI is InChI=1S/C15H24N2O2S/c1-12(2)17(13-5-7-19-8-6-13)11-15(18)16-10-14-4-3-9-20-14/h3-4,9,12-13H,5-8,10-11H2,1-2H3,(H,16,18). The lowest BCUT2D eigenvalue weighted by atomic mass is 10.1. The Morgan fingerprint density at radius 1 is 1.50 bits per heavy atom. The molecule has 2 heterocycles. The van der Waals surface area contributed by atoms with Crippen LogP contribution in [-0.4, -0.2) is 42.6 Å². The van der Waals surface area contributed by atoms with Gasteiger partial charge in [0.2, 0.25) is 5.91 Å². The number of ether oxygens (including phenoxy) is 1. The Kier molecular flexibility index (Phi) is 6.01. The first-order chi connectivity index (χ1) is 9.66. The lowest BCUT2D eigenvalue weighted by Crippen LogP contribution is -2.48. The van der Waals surface area contributed by atoms with E-state index in [0.717, 1.165) is 26.1 Å². The van der Waals surface area contributed by atoms with Gasteiger partial charge in [-0.25, -0.2) is 0 Å². The van der Waals surface area contributed by atoms with Gasteiger partial charge in [-0.1, -0.05) is 6.07 Å². The number of amides is 1. The summed E-state index contributed by atoms with van der Waals surface area (Å²) < 4.78 is 5.41. The highest BCUT2D eigenvalue weighted by Crippen LogP contribution is 2.17. The molecule has 0 bridgehead atoms. The third-order valence-electron chi connectivity index (χ3n) is 3.69. The quantitative estimate of drug-likeness (QED) is 0.875. The van der Waals surface area contributed by atoms with Crippen LogP contribution in [-0.2, 0) is 16.1 Å². The van der Waals surface area contributed by atoms with Crippen molar-refractivity contribution in [1.82, 2.24) is 10.2 Å². The molecule has 4 nitrogen and oxygen atoms in total. The van der Waals surface area contributed by atoms with Crippen LogP contribution in [0.3, 0.4) is 0 Å². The topological polar surface area (TPSA) is 41.6 Å². The zero-order valence-electron chi connectivity index (χ0n) is 12.3. The van der Waals surface area contributed by atoms with Crippen LogP contribution in [0.1, 0.15) is 31.6 Å². The van der Waals surface area contributed by atoms with Gasteiger partial charge in [0.15, 0.2) is 0 Å². The Hall–Kier alpha value is -0.910. The Balaban J connectivity index is 1.82. The van der Waals surface area contributed by atoms with Crippen LogP contribution in [0.5, 0.6) is 0 Å². The minimum absolute atomic E-state index is 0.110. The Bertz CT molecular complexity index is 400. The summed E-state index contributed by atoms with van der Waals surface area (Å²) in [6.07, 6.45) is 2.05. The van der Waals surface area contributed by atoms with Gasteiger partial charge in [0.25, 0.3) is 0 Å². The summed E-state index contributed by atoms with van der Waals surface area (Å²) in [4.78, 5) is 15.6. The van der Waals surface area contributed by atoms with E-state index in [0.29, 0.717) is 25.2 Å². The maximum absolute atomic E-state index is 12.1. The van der Waals surface area contributed by atoms with Gasteiger partial charge in [-0.05, 0) is 38.1 Å². The van der Waals surface area contributed by atoms with Gasteiger partial charge in [-0.15, -0.1) is 11.3 Å². The van der Waals surface area contributed by atoms with Crippen molar-refractivity contribution in [2.45, 2.75) is 45.3 Å². The molecule has 5 heteroatoms. The highest BCUT2D eigenvalue weighted by molar-refractivity contribution is 7.09. The molecule has 1 aromatic heterocycles. The second-order valence-corrected chi connectivity index (χ2v) is 6.50. The summed E-state index contributed by atoms with van der Waals surface area (Å²) in [6.45, 7) is 7.04. The zero-order chi connectivity index (χ0) is 14.4. The first-order valence-electron chi connectivity index (χ1n) is 7.29. The second-order valence-electron chi connectivity index (χ2n) is 5.47. The van der Waals surface area contributed by atoms with Gasteiger partial charge >= 0.3 is 0 Å². The maximum Gasteiger partial charge on any atom is 0.234 e. The van der Waals surface area contributed by atoms with Crippen molar-refractivity contribution < 1.29 is 9.53 Å². The molecule has 1 fully saturated rings. The predicted molar refractivity (Wildman–Crippen MR) is 81.8 cm³/mol. The Morgan fingerprint density at radius 2 is 2.25 bits per heavy atom. The average Bonchev–Trinajstić information content (AvgIpc) is 2.96. The van der Waals surface area contributed by atoms with E-state index in [9.17, 15) is 4.79 Å². The SMILES string of the molecule is CC(C)N(CC(=O)NCc1cccs1)C1CCOCC1. The van der Waals surface area contributed by atoms with Crippen LogP contribution < -0.4 is 5.32 Å². The van der Waals surface area contributed by atoms with Gasteiger partial charge in [-0.2, -0.15) is 0 Å². The highest BCUT2D eigenvalue weighted by atomic mass is 32.1. The Labute approximate surface area is 125 Å². The zero-order valence-corrected chi connectivity index (χ0v) is 13.1. The fourth-order valence-corrected chi connectivity index (χ4v) is 3.22. The van der Waals surface area contributed by atoms with E-state index >= 15 is 0 Å². The molecular formula is C15H24N2O2S. The molecule has 1 N–H and O–H groups in total. The molecule has 1 saturated heterocycles. The number of hydrogen-bond acceptors (Lipinski definition) is 4. The number of hydrogen-bond donors (Lipinski definition) is 1.